The predicted molar refractivity (Wildman–Crippen MR) is 103 cm³/mol. The van der Waals surface area contributed by atoms with E-state index >= 15 is 0 Å². The van der Waals surface area contributed by atoms with Gasteiger partial charge in [-0.2, -0.15) is 0 Å². The van der Waals surface area contributed by atoms with Crippen molar-refractivity contribution in [3.8, 4) is 5.75 Å². The number of hydrogen-bond donors (Lipinski definition) is 1. The highest BCUT2D eigenvalue weighted by Gasteiger charge is 2.24. The van der Waals surface area contributed by atoms with Crippen LogP contribution in [0.4, 0.5) is 0 Å². The van der Waals surface area contributed by atoms with Crippen LogP contribution in [0.3, 0.4) is 0 Å². The number of likely N-dealkylation sites (tertiary alicyclic amines) is 1. The summed E-state index contributed by atoms with van der Waals surface area (Å²) in [5.41, 5.74) is 1.28. The molecule has 1 saturated heterocycles. The number of H-pyrrole nitrogens is 1. The van der Waals surface area contributed by atoms with Crippen molar-refractivity contribution in [1.29, 1.82) is 0 Å². The molecule has 4 rings (SSSR count). The normalized spacial score (nSPS) is 17.4. The molecule has 1 atom stereocenters. The number of nitrogens with one attached hydrogen (secondary N) is 1. The van der Waals surface area contributed by atoms with Gasteiger partial charge in [-0.05, 0) is 41.6 Å². The first-order valence-electron chi connectivity index (χ1n) is 8.32. The Balaban J connectivity index is 0.00000182. The first-order valence-corrected chi connectivity index (χ1v) is 8.32. The van der Waals surface area contributed by atoms with Crippen molar-refractivity contribution in [3.05, 3.63) is 76.7 Å². The van der Waals surface area contributed by atoms with E-state index in [9.17, 15) is 4.79 Å². The van der Waals surface area contributed by atoms with E-state index in [4.69, 9.17) is 4.74 Å². The van der Waals surface area contributed by atoms with Gasteiger partial charge < -0.3 is 9.72 Å². The van der Waals surface area contributed by atoms with Crippen molar-refractivity contribution in [3.63, 3.8) is 0 Å². The molecule has 1 N–H and O–H groups in total. The maximum atomic E-state index is 11.7. The quantitative estimate of drug-likeness (QED) is 0.776. The molecule has 0 saturated carbocycles. The molecule has 2 heterocycles. The predicted octanol–water partition coefficient (Wildman–Crippen LogP) is 3.60. The summed E-state index contributed by atoms with van der Waals surface area (Å²) in [4.78, 5) is 16.9. The number of aromatic nitrogens is 1. The number of hydrogen-bond acceptors (Lipinski definition) is 3. The smallest absolute Gasteiger partial charge is 0.255 e. The summed E-state index contributed by atoms with van der Waals surface area (Å²) in [6.45, 7) is 2.95. The molecule has 0 amide bonds. The van der Waals surface area contributed by atoms with Gasteiger partial charge in [0.15, 0.2) is 0 Å². The zero-order chi connectivity index (χ0) is 16.4. The summed E-state index contributed by atoms with van der Waals surface area (Å²) in [6, 6.07) is 18.1. The van der Waals surface area contributed by atoms with E-state index in [2.05, 4.69) is 34.1 Å². The fourth-order valence-electron chi connectivity index (χ4n) is 3.31. The third kappa shape index (κ3) is 4.03. The Morgan fingerprint density at radius 1 is 1.12 bits per heavy atom. The van der Waals surface area contributed by atoms with Crippen LogP contribution in [0.1, 0.15) is 12.0 Å². The molecule has 5 heteroatoms. The number of benzene rings is 2. The zero-order valence-electron chi connectivity index (χ0n) is 13.9. The monoisotopic (exact) mass is 356 g/mol. The summed E-state index contributed by atoms with van der Waals surface area (Å²) in [7, 11) is 0. The number of nitrogens with zero attached hydrogens (tertiary/aromatic N) is 1. The van der Waals surface area contributed by atoms with Crippen LogP contribution < -0.4 is 10.3 Å². The first-order chi connectivity index (χ1) is 11.8. The average Bonchev–Trinajstić information content (AvgIpc) is 3.03. The van der Waals surface area contributed by atoms with E-state index in [0.717, 1.165) is 37.2 Å². The third-order valence-electron chi connectivity index (χ3n) is 4.53. The van der Waals surface area contributed by atoms with Crippen LogP contribution in [0, 0.1) is 0 Å². The topological polar surface area (TPSA) is 45.3 Å². The van der Waals surface area contributed by atoms with Crippen LogP contribution in [0.2, 0.25) is 0 Å². The van der Waals surface area contributed by atoms with E-state index in [0.29, 0.717) is 5.39 Å². The highest BCUT2D eigenvalue weighted by atomic mass is 35.5. The van der Waals surface area contributed by atoms with Gasteiger partial charge in [-0.1, -0.05) is 30.3 Å². The molecule has 1 unspecified atom stereocenters. The van der Waals surface area contributed by atoms with Crippen molar-refractivity contribution in [2.75, 3.05) is 13.1 Å². The van der Waals surface area contributed by atoms with Crippen LogP contribution >= 0.6 is 12.4 Å². The second-order valence-electron chi connectivity index (χ2n) is 6.31. The first kappa shape index (κ1) is 17.5. The lowest BCUT2D eigenvalue weighted by molar-refractivity contribution is 0.198. The van der Waals surface area contributed by atoms with Gasteiger partial charge in [0.2, 0.25) is 0 Å². The molecule has 4 nitrogen and oxygen atoms in total. The van der Waals surface area contributed by atoms with Crippen LogP contribution in [0.15, 0.2) is 65.6 Å². The molecule has 25 heavy (non-hydrogen) atoms. The highest BCUT2D eigenvalue weighted by Crippen LogP contribution is 2.23. The maximum absolute atomic E-state index is 11.7. The third-order valence-corrected chi connectivity index (χ3v) is 4.53. The van der Waals surface area contributed by atoms with E-state index < -0.39 is 0 Å². The fourth-order valence-corrected chi connectivity index (χ4v) is 3.31. The van der Waals surface area contributed by atoms with E-state index in [1.54, 1.807) is 6.20 Å². The van der Waals surface area contributed by atoms with Crippen LogP contribution in [0.25, 0.3) is 10.8 Å². The Hall–Kier alpha value is -2.30. The second kappa shape index (κ2) is 7.72. The second-order valence-corrected chi connectivity index (χ2v) is 6.31. The zero-order valence-corrected chi connectivity index (χ0v) is 14.7. The van der Waals surface area contributed by atoms with Gasteiger partial charge in [0.05, 0.1) is 0 Å². The van der Waals surface area contributed by atoms with Crippen molar-refractivity contribution >= 4 is 23.2 Å². The summed E-state index contributed by atoms with van der Waals surface area (Å²) >= 11 is 0. The van der Waals surface area contributed by atoms with Crippen LogP contribution in [0.5, 0.6) is 5.75 Å². The number of aromatic amines is 1. The summed E-state index contributed by atoms with van der Waals surface area (Å²) in [5.74, 6) is 0.833. The van der Waals surface area contributed by atoms with Gasteiger partial charge in [0.25, 0.3) is 5.56 Å². The van der Waals surface area contributed by atoms with Gasteiger partial charge in [-0.3, -0.25) is 9.69 Å². The number of pyridine rings is 1. The molecular formula is C20H21ClN2O2. The number of ether oxygens (including phenoxy) is 1. The van der Waals surface area contributed by atoms with Gasteiger partial charge in [-0.25, -0.2) is 0 Å². The largest absolute Gasteiger partial charge is 0.489 e. The van der Waals surface area contributed by atoms with E-state index in [-0.39, 0.29) is 24.1 Å². The molecule has 1 aliphatic heterocycles. The molecule has 0 radical (unpaired) electrons. The molecular weight excluding hydrogens is 336 g/mol. The molecule has 0 spiro atoms. The summed E-state index contributed by atoms with van der Waals surface area (Å²) < 4.78 is 6.14. The van der Waals surface area contributed by atoms with Crippen molar-refractivity contribution in [1.82, 2.24) is 9.88 Å². The average molecular weight is 357 g/mol. The minimum atomic E-state index is -0.0612. The van der Waals surface area contributed by atoms with Crippen molar-refractivity contribution in [2.45, 2.75) is 19.1 Å². The lowest BCUT2D eigenvalue weighted by atomic mass is 10.1. The van der Waals surface area contributed by atoms with Crippen LogP contribution in [-0.4, -0.2) is 29.1 Å². The molecule has 2 aromatic carbocycles. The fraction of sp³-hybridized carbons (Fsp3) is 0.250. The van der Waals surface area contributed by atoms with Crippen molar-refractivity contribution < 1.29 is 4.74 Å². The van der Waals surface area contributed by atoms with E-state index in [1.807, 2.05) is 30.3 Å². The summed E-state index contributed by atoms with van der Waals surface area (Å²) in [5, 5.41) is 1.61. The lowest BCUT2D eigenvalue weighted by Crippen LogP contribution is -2.24. The van der Waals surface area contributed by atoms with Gasteiger partial charge in [0.1, 0.15) is 11.9 Å². The molecule has 0 bridgehead atoms. The minimum absolute atomic E-state index is 0. The lowest BCUT2D eigenvalue weighted by Gasteiger charge is -2.17. The Bertz CT molecular complexity index is 895. The molecule has 1 aliphatic rings. The molecule has 3 aromatic rings. The SMILES string of the molecule is Cl.O=c1[nH]ccc2cc(OC3CCN(Cc4ccccc4)C3)ccc12. The standard InChI is InChI=1S/C20H20N2O2.ClH/c23-20-19-7-6-17(12-16(19)8-10-21-20)24-18-9-11-22(14-18)13-15-4-2-1-3-5-15;/h1-8,10,12,18H,9,11,13-14H2,(H,21,23);1H. The molecule has 1 fully saturated rings. The Kier molecular flexibility index (Phi) is 5.41. The Morgan fingerprint density at radius 2 is 1.96 bits per heavy atom. The Morgan fingerprint density at radius 3 is 2.80 bits per heavy atom. The highest BCUT2D eigenvalue weighted by molar-refractivity contribution is 5.85. The van der Waals surface area contributed by atoms with Crippen molar-refractivity contribution in [2.24, 2.45) is 0 Å². The van der Waals surface area contributed by atoms with Gasteiger partial charge in [-0.15, -0.1) is 12.4 Å². The van der Waals surface area contributed by atoms with Crippen LogP contribution in [-0.2, 0) is 6.54 Å². The summed E-state index contributed by atoms with van der Waals surface area (Å²) in [6.07, 6.45) is 2.90. The van der Waals surface area contributed by atoms with E-state index in [1.165, 1.54) is 5.56 Å². The van der Waals surface area contributed by atoms with Gasteiger partial charge in [0, 0.05) is 31.2 Å². The number of halogens is 1. The maximum Gasteiger partial charge on any atom is 0.255 e. The number of fused-ring (bicyclic) bond motifs is 1. The number of rotatable bonds is 4. The molecule has 0 aliphatic carbocycles. The molecule has 1 aromatic heterocycles. The minimum Gasteiger partial charge on any atom is -0.489 e. The van der Waals surface area contributed by atoms with Gasteiger partial charge >= 0.3 is 0 Å². The molecule has 130 valence electrons. The Labute approximate surface area is 152 Å².